The second-order valence-electron chi connectivity index (χ2n) is 9.73. The lowest BCUT2D eigenvalue weighted by Gasteiger charge is -2.46. The fourth-order valence-electron chi connectivity index (χ4n) is 5.38. The zero-order chi connectivity index (χ0) is 22.7. The summed E-state index contributed by atoms with van der Waals surface area (Å²) in [5.41, 5.74) is 8.02. The number of benzene rings is 1. The van der Waals surface area contributed by atoms with Gasteiger partial charge in [0.15, 0.2) is 0 Å². The van der Waals surface area contributed by atoms with E-state index in [1.165, 1.54) is 7.11 Å². The van der Waals surface area contributed by atoms with Crippen LogP contribution < -0.4 is 5.73 Å². The van der Waals surface area contributed by atoms with Gasteiger partial charge in [-0.15, -0.1) is 0 Å². The van der Waals surface area contributed by atoms with Gasteiger partial charge < -0.3 is 24.8 Å². The van der Waals surface area contributed by atoms with Crippen LogP contribution in [0.4, 0.5) is 0 Å². The molecule has 0 radical (unpaired) electrons. The van der Waals surface area contributed by atoms with Crippen molar-refractivity contribution in [3.05, 3.63) is 35.4 Å². The molecule has 1 aliphatic carbocycles. The number of rotatable bonds is 7. The smallest absolute Gasteiger partial charge is 0.338 e. The Morgan fingerprint density at radius 2 is 1.88 bits per heavy atom. The number of hydrogen-bond acceptors (Lipinski definition) is 6. The summed E-state index contributed by atoms with van der Waals surface area (Å²) in [6.07, 6.45) is 6.16. The molecule has 176 valence electrons. The van der Waals surface area contributed by atoms with E-state index in [0.29, 0.717) is 31.4 Å². The molecule has 0 aromatic heterocycles. The zero-order valence-electron chi connectivity index (χ0n) is 19.3. The van der Waals surface area contributed by atoms with Crippen molar-refractivity contribution >= 4 is 11.9 Å². The molecule has 1 aromatic rings. The number of fused-ring (bicyclic) bond motifs is 3. The van der Waals surface area contributed by atoms with Crippen molar-refractivity contribution < 1.29 is 23.8 Å². The molecule has 1 amide bonds. The molecule has 32 heavy (non-hydrogen) atoms. The van der Waals surface area contributed by atoms with E-state index in [2.05, 4.69) is 0 Å². The van der Waals surface area contributed by atoms with Gasteiger partial charge >= 0.3 is 5.97 Å². The third kappa shape index (κ3) is 4.85. The summed E-state index contributed by atoms with van der Waals surface area (Å²) in [5, 5.41) is 0. The predicted molar refractivity (Wildman–Crippen MR) is 120 cm³/mol. The summed E-state index contributed by atoms with van der Waals surface area (Å²) in [6, 6.07) is 6.90. The number of piperidine rings is 1. The van der Waals surface area contributed by atoms with Gasteiger partial charge in [0.1, 0.15) is 6.04 Å². The van der Waals surface area contributed by atoms with Crippen LogP contribution in [0.1, 0.15) is 67.3 Å². The second kappa shape index (κ2) is 9.89. The van der Waals surface area contributed by atoms with Crippen LogP contribution in [-0.4, -0.2) is 68.4 Å². The summed E-state index contributed by atoms with van der Waals surface area (Å²) in [5.74, 6) is -0.151. The molecular formula is C25H36N2O5. The summed E-state index contributed by atoms with van der Waals surface area (Å²) in [7, 11) is 1.40. The maximum absolute atomic E-state index is 13.0. The highest BCUT2D eigenvalue weighted by molar-refractivity contribution is 5.91. The number of nitrogens with two attached hydrogens (primary N) is 1. The van der Waals surface area contributed by atoms with Gasteiger partial charge in [-0.25, -0.2) is 4.79 Å². The molecule has 1 saturated carbocycles. The number of nitrogens with zero attached hydrogens (tertiary/aromatic N) is 1. The van der Waals surface area contributed by atoms with Crippen molar-refractivity contribution in [2.45, 2.75) is 69.6 Å². The highest BCUT2D eigenvalue weighted by Gasteiger charge is 2.42. The standard InChI is InChI=1S/C25H36N2O5/c1-17(31-15-25-11-7-19(8-12-25)32-16-25)22(26)23(28)27-13-9-18(10-14-27)20-5-3-4-6-21(20)24(29)30-2/h3-6,17-19,22H,7-16,26H2,1-2H3/t17-,19?,22+,25?/m1/s1. The average molecular weight is 445 g/mol. The molecule has 2 N–H and O–H groups in total. The Labute approximate surface area is 190 Å². The molecule has 0 spiro atoms. The fraction of sp³-hybridized carbons (Fsp3) is 0.680. The van der Waals surface area contributed by atoms with Crippen LogP contribution in [0, 0.1) is 5.41 Å². The Kier molecular flexibility index (Phi) is 7.17. The first-order chi connectivity index (χ1) is 15.4. The number of carbonyl (C=O) groups is 2. The second-order valence-corrected chi connectivity index (χ2v) is 9.73. The van der Waals surface area contributed by atoms with E-state index < -0.39 is 6.04 Å². The normalized spacial score (nSPS) is 27.7. The number of esters is 1. The van der Waals surface area contributed by atoms with Crippen LogP contribution in [0.15, 0.2) is 24.3 Å². The minimum absolute atomic E-state index is 0.0571. The van der Waals surface area contributed by atoms with E-state index >= 15 is 0 Å². The number of hydrogen-bond donors (Lipinski definition) is 1. The molecular weight excluding hydrogens is 408 g/mol. The first-order valence-corrected chi connectivity index (χ1v) is 11.9. The Morgan fingerprint density at radius 1 is 1.19 bits per heavy atom. The zero-order valence-corrected chi connectivity index (χ0v) is 19.3. The maximum Gasteiger partial charge on any atom is 0.338 e. The molecule has 4 aliphatic rings. The molecule has 7 heteroatoms. The molecule has 3 aliphatic heterocycles. The molecule has 2 atom stereocenters. The summed E-state index contributed by atoms with van der Waals surface area (Å²) < 4.78 is 16.9. The largest absolute Gasteiger partial charge is 0.465 e. The van der Waals surface area contributed by atoms with Gasteiger partial charge in [0.05, 0.1) is 38.1 Å². The first kappa shape index (κ1) is 23.2. The number of methoxy groups -OCH3 is 1. The van der Waals surface area contributed by atoms with Gasteiger partial charge in [-0.3, -0.25) is 4.79 Å². The number of likely N-dealkylation sites (tertiary alicyclic amines) is 1. The topological polar surface area (TPSA) is 91.1 Å². The number of carbonyl (C=O) groups excluding carboxylic acids is 2. The van der Waals surface area contributed by atoms with Crippen LogP contribution in [0.25, 0.3) is 0 Å². The van der Waals surface area contributed by atoms with Gasteiger partial charge in [0, 0.05) is 18.5 Å². The molecule has 1 aromatic carbocycles. The number of amides is 1. The van der Waals surface area contributed by atoms with Crippen LogP contribution in [0.2, 0.25) is 0 Å². The Balaban J connectivity index is 1.29. The monoisotopic (exact) mass is 444 g/mol. The van der Waals surface area contributed by atoms with E-state index in [4.69, 9.17) is 19.9 Å². The average Bonchev–Trinajstić information content (AvgIpc) is 2.87. The van der Waals surface area contributed by atoms with Gasteiger partial charge in [-0.2, -0.15) is 0 Å². The Hall–Kier alpha value is -1.96. The molecule has 0 unspecified atom stereocenters. The van der Waals surface area contributed by atoms with Gasteiger partial charge in [0.25, 0.3) is 0 Å². The lowest BCUT2D eigenvalue weighted by molar-refractivity contribution is -0.155. The van der Waals surface area contributed by atoms with Crippen molar-refractivity contribution in [3.8, 4) is 0 Å². The third-order valence-corrected chi connectivity index (χ3v) is 7.67. The molecule has 7 nitrogen and oxygen atoms in total. The first-order valence-electron chi connectivity index (χ1n) is 11.9. The van der Waals surface area contributed by atoms with Gasteiger partial charge in [0.2, 0.25) is 5.91 Å². The summed E-state index contributed by atoms with van der Waals surface area (Å²) >= 11 is 0. The van der Waals surface area contributed by atoms with E-state index in [9.17, 15) is 9.59 Å². The number of ether oxygens (including phenoxy) is 3. The van der Waals surface area contributed by atoms with E-state index in [0.717, 1.165) is 50.7 Å². The lowest BCUT2D eigenvalue weighted by Crippen LogP contribution is -2.53. The molecule has 3 saturated heterocycles. The van der Waals surface area contributed by atoms with E-state index in [1.54, 1.807) is 6.07 Å². The Bertz CT molecular complexity index is 799. The van der Waals surface area contributed by atoms with Crippen molar-refractivity contribution in [2.75, 3.05) is 33.4 Å². The summed E-state index contributed by atoms with van der Waals surface area (Å²) in [4.78, 5) is 27.0. The van der Waals surface area contributed by atoms with Crippen LogP contribution >= 0.6 is 0 Å². The third-order valence-electron chi connectivity index (χ3n) is 7.67. The SMILES string of the molecule is COC(=O)c1ccccc1C1CCN(C(=O)[C@@H](N)[C@@H](C)OCC23CCC(CC2)OC3)CC1. The molecule has 5 rings (SSSR count). The van der Waals surface area contributed by atoms with E-state index in [-0.39, 0.29) is 29.3 Å². The minimum Gasteiger partial charge on any atom is -0.465 e. The van der Waals surface area contributed by atoms with Crippen molar-refractivity contribution in [1.29, 1.82) is 0 Å². The van der Waals surface area contributed by atoms with Crippen LogP contribution in [-0.2, 0) is 19.0 Å². The van der Waals surface area contributed by atoms with Crippen LogP contribution in [0.3, 0.4) is 0 Å². The summed E-state index contributed by atoms with van der Waals surface area (Å²) in [6.45, 7) is 4.51. The molecule has 2 bridgehead atoms. The van der Waals surface area contributed by atoms with Gasteiger partial charge in [-0.05, 0) is 63.0 Å². The Morgan fingerprint density at radius 3 is 2.50 bits per heavy atom. The quantitative estimate of drug-likeness (QED) is 0.651. The van der Waals surface area contributed by atoms with Gasteiger partial charge in [-0.1, -0.05) is 18.2 Å². The maximum atomic E-state index is 13.0. The predicted octanol–water partition coefficient (Wildman–Crippen LogP) is 2.87. The van der Waals surface area contributed by atoms with Crippen LogP contribution in [0.5, 0.6) is 0 Å². The fourth-order valence-corrected chi connectivity index (χ4v) is 5.38. The highest BCUT2D eigenvalue weighted by Crippen LogP contribution is 2.43. The van der Waals surface area contributed by atoms with Crippen molar-refractivity contribution in [2.24, 2.45) is 11.1 Å². The van der Waals surface area contributed by atoms with Crippen molar-refractivity contribution in [1.82, 2.24) is 4.90 Å². The van der Waals surface area contributed by atoms with E-state index in [1.807, 2.05) is 30.0 Å². The van der Waals surface area contributed by atoms with Crippen molar-refractivity contribution in [3.63, 3.8) is 0 Å². The molecule has 4 fully saturated rings. The highest BCUT2D eigenvalue weighted by atomic mass is 16.5. The minimum atomic E-state index is -0.675. The lowest BCUT2D eigenvalue weighted by atomic mass is 9.72. The molecule has 3 heterocycles.